The van der Waals surface area contributed by atoms with Crippen LogP contribution in [0.2, 0.25) is 0 Å². The van der Waals surface area contributed by atoms with Crippen LogP contribution < -0.4 is 9.47 Å². The van der Waals surface area contributed by atoms with E-state index >= 15 is 9.59 Å². The molecule has 0 saturated carbocycles. The molecule has 8 heteroatoms. The largest absolute Gasteiger partial charge is 0.507 e. The molecule has 0 aliphatic carbocycles. The summed E-state index contributed by atoms with van der Waals surface area (Å²) in [5.41, 5.74) is 12.5. The number of aromatic hydroxyl groups is 2. The Morgan fingerprint density at radius 2 is 0.592 bits per heavy atom. The Balaban J connectivity index is 1.40. The van der Waals surface area contributed by atoms with Crippen molar-refractivity contribution in [1.82, 2.24) is 9.80 Å². The van der Waals surface area contributed by atoms with E-state index in [1.807, 2.05) is 12.1 Å². The predicted molar refractivity (Wildman–Crippen MR) is 415 cm³/mol. The number of ether oxygens (including phenoxy) is 2. The van der Waals surface area contributed by atoms with E-state index in [0.29, 0.717) is 62.3 Å². The van der Waals surface area contributed by atoms with Crippen molar-refractivity contribution in [3.63, 3.8) is 0 Å². The number of nitrogens with zero attached hydrogens (tertiary/aromatic N) is 2. The fraction of sp³-hybridized carbons (Fsp3) is 0.578. The molecule has 0 aromatic heterocycles. The monoisotopic (exact) mass is 1340 g/mol. The molecular formula is C90H132N2O6. The number of phenols is 2. The van der Waals surface area contributed by atoms with Crippen molar-refractivity contribution in [1.29, 1.82) is 0 Å². The summed E-state index contributed by atoms with van der Waals surface area (Å²) < 4.78 is 13.9. The van der Waals surface area contributed by atoms with Gasteiger partial charge in [0.25, 0.3) is 0 Å². The summed E-state index contributed by atoms with van der Waals surface area (Å²) in [5, 5.41) is 25.2. The van der Waals surface area contributed by atoms with Gasteiger partial charge in [0.1, 0.15) is 23.0 Å². The fourth-order valence-corrected chi connectivity index (χ4v) is 13.0. The minimum atomic E-state index is -0.356. The lowest BCUT2D eigenvalue weighted by atomic mass is 9.71. The van der Waals surface area contributed by atoms with E-state index in [1.54, 1.807) is 0 Å². The van der Waals surface area contributed by atoms with Crippen LogP contribution in [0, 0.1) is 0 Å². The molecule has 2 atom stereocenters. The average Bonchev–Trinajstić information content (AvgIpc) is 0.758. The molecule has 0 saturated heterocycles. The number of phenolic OH excluding ortho intramolecular Hbond substituents is 2. The van der Waals surface area contributed by atoms with E-state index in [2.05, 4.69) is 287 Å². The molecule has 0 spiro atoms. The Bertz CT molecular complexity index is 3400. The molecule has 6 aromatic carbocycles. The van der Waals surface area contributed by atoms with Crippen LogP contribution in [-0.4, -0.2) is 58.1 Å². The number of benzene rings is 6. The Hall–Kier alpha value is -6.22. The highest BCUT2D eigenvalue weighted by Crippen LogP contribution is 2.52. The molecule has 538 valence electrons. The van der Waals surface area contributed by atoms with Crippen molar-refractivity contribution in [2.45, 2.75) is 312 Å². The van der Waals surface area contributed by atoms with Crippen LogP contribution in [0.25, 0.3) is 0 Å². The van der Waals surface area contributed by atoms with Crippen LogP contribution in [0.5, 0.6) is 23.0 Å². The summed E-state index contributed by atoms with van der Waals surface area (Å²) in [6.07, 6.45) is 7.35. The van der Waals surface area contributed by atoms with Crippen LogP contribution in [0.15, 0.2) is 109 Å². The van der Waals surface area contributed by atoms with Crippen molar-refractivity contribution >= 4 is 11.9 Å². The summed E-state index contributed by atoms with van der Waals surface area (Å²) in [6.45, 7) is 61.6. The van der Waals surface area contributed by atoms with E-state index in [1.165, 1.54) is 22.3 Å². The van der Waals surface area contributed by atoms with Crippen molar-refractivity contribution in [3.05, 3.63) is 187 Å². The third-order valence-electron chi connectivity index (χ3n) is 24.4. The molecule has 0 amide bonds. The fourth-order valence-electron chi connectivity index (χ4n) is 13.0. The molecule has 8 nitrogen and oxygen atoms in total. The van der Waals surface area contributed by atoms with Crippen LogP contribution in [0.3, 0.4) is 0 Å². The first-order valence-electron chi connectivity index (χ1n) is 37.7. The third-order valence-corrected chi connectivity index (χ3v) is 24.4. The Kier molecular flexibility index (Phi) is 26.9. The SMILES string of the molecule is CCC(C)(C)c1cc(C(C)c2cc(C(C)(C)CC)cc(C(C)(C)CC)c2OC(=O)CCN(CCN(CCC(=O)Oc2c(C(C)c3cc(C(C)(C)CC)cc(C(C)(C)CC)c3O)cc(C(C)(C)CC)cc2C(C)(C)CC)Cc2ccccc2)Cc2ccccc2)c(O)c(C(C)(C)CC)c1. The Labute approximate surface area is 596 Å². The second-order valence-electron chi connectivity index (χ2n) is 34.1. The highest BCUT2D eigenvalue weighted by molar-refractivity contribution is 5.76. The molecule has 6 aromatic rings. The number of hydrogen-bond donors (Lipinski definition) is 2. The molecule has 0 heterocycles. The van der Waals surface area contributed by atoms with Gasteiger partial charge in [-0.2, -0.15) is 0 Å². The number of esters is 2. The lowest BCUT2D eigenvalue weighted by molar-refractivity contribution is -0.136. The standard InChI is InChI=1S/C90H132N2O6/c1-27-83(11,12)65-51-69(79(95)73(55-65)87(19,20)31-5)61(9)71-53-67(85(15,16)29-3)57-75(89(23,24)33-7)81(71)97-77(93)45-47-91(59-63-41-37-35-38-42-63)49-50-92(60-64-43-39-36-40-44-64)48-46-78(94)98-82-72(54-68(86(17,18)30-4)58-76(82)90(25,26)34-8)62(10)70-52-66(84(13,14)28-2)56-74(80(70)96)88(21,22)32-6/h35-44,51-58,61-62,95-96H,27-34,45-50,59-60H2,1-26H3. The highest BCUT2D eigenvalue weighted by Gasteiger charge is 2.38. The first-order valence-corrected chi connectivity index (χ1v) is 37.7. The zero-order valence-corrected chi connectivity index (χ0v) is 66.3. The summed E-state index contributed by atoms with van der Waals surface area (Å²) >= 11 is 0. The van der Waals surface area contributed by atoms with Crippen molar-refractivity contribution < 1.29 is 29.3 Å². The van der Waals surface area contributed by atoms with Gasteiger partial charge in [0.15, 0.2) is 0 Å². The minimum absolute atomic E-state index is 0.141. The number of rotatable bonds is 35. The third kappa shape index (κ3) is 19.0. The Morgan fingerprint density at radius 1 is 0.347 bits per heavy atom. The van der Waals surface area contributed by atoms with Gasteiger partial charge in [-0.15, -0.1) is 0 Å². The van der Waals surface area contributed by atoms with Gasteiger partial charge in [-0.25, -0.2) is 0 Å². The second-order valence-corrected chi connectivity index (χ2v) is 34.1. The number of hydrogen-bond acceptors (Lipinski definition) is 8. The zero-order valence-electron chi connectivity index (χ0n) is 66.3. The number of carbonyl (C=O) groups excluding carboxylic acids is 2. The molecule has 2 N–H and O–H groups in total. The normalized spacial score (nSPS) is 13.7. The summed E-state index contributed by atoms with van der Waals surface area (Å²) in [4.78, 5) is 34.9. The van der Waals surface area contributed by atoms with Gasteiger partial charge in [0.2, 0.25) is 0 Å². The lowest BCUT2D eigenvalue weighted by Gasteiger charge is -2.34. The molecule has 0 aliphatic rings. The molecule has 0 radical (unpaired) electrons. The van der Waals surface area contributed by atoms with E-state index in [4.69, 9.17) is 9.47 Å². The van der Waals surface area contributed by atoms with E-state index < -0.39 is 0 Å². The van der Waals surface area contributed by atoms with E-state index in [-0.39, 0.29) is 79.9 Å². The summed E-state index contributed by atoms with van der Waals surface area (Å²) in [6, 6.07) is 38.9. The van der Waals surface area contributed by atoms with Crippen LogP contribution in [-0.2, 0) is 66.0 Å². The topological polar surface area (TPSA) is 99.5 Å². The van der Waals surface area contributed by atoms with Crippen molar-refractivity contribution in [2.24, 2.45) is 0 Å². The molecule has 98 heavy (non-hydrogen) atoms. The molecule has 0 bridgehead atoms. The Morgan fingerprint density at radius 3 is 0.857 bits per heavy atom. The maximum atomic E-state index is 15.1. The highest BCUT2D eigenvalue weighted by atomic mass is 16.5. The summed E-state index contributed by atoms with van der Waals surface area (Å²) in [5.74, 6) is 0.555. The molecule has 0 fully saturated rings. The zero-order chi connectivity index (χ0) is 73.3. The first-order chi connectivity index (χ1) is 45.6. The van der Waals surface area contributed by atoms with E-state index in [0.717, 1.165) is 107 Å². The number of carbonyl (C=O) groups is 2. The van der Waals surface area contributed by atoms with Crippen molar-refractivity contribution in [3.8, 4) is 23.0 Å². The van der Waals surface area contributed by atoms with Gasteiger partial charge >= 0.3 is 11.9 Å². The van der Waals surface area contributed by atoms with Gasteiger partial charge in [-0.3, -0.25) is 19.4 Å². The van der Waals surface area contributed by atoms with Crippen LogP contribution >= 0.6 is 0 Å². The predicted octanol–water partition coefficient (Wildman–Crippen LogP) is 23.2. The average molecular weight is 1340 g/mol. The van der Waals surface area contributed by atoms with Gasteiger partial charge in [0.05, 0.1) is 12.8 Å². The maximum Gasteiger partial charge on any atom is 0.312 e. The maximum absolute atomic E-state index is 15.1. The first kappa shape index (κ1) is 80.8. The van der Waals surface area contributed by atoms with Crippen LogP contribution in [0.1, 0.15) is 334 Å². The van der Waals surface area contributed by atoms with Gasteiger partial charge in [-0.1, -0.05) is 289 Å². The van der Waals surface area contributed by atoms with Gasteiger partial charge in [0, 0.05) is 95.6 Å². The lowest BCUT2D eigenvalue weighted by Crippen LogP contribution is -2.37. The quantitative estimate of drug-likeness (QED) is 0.0300. The molecular weight excluding hydrogens is 1200 g/mol. The van der Waals surface area contributed by atoms with Gasteiger partial charge < -0.3 is 19.7 Å². The van der Waals surface area contributed by atoms with Crippen molar-refractivity contribution in [2.75, 3.05) is 26.2 Å². The van der Waals surface area contributed by atoms with Gasteiger partial charge in [-0.05, 0) is 128 Å². The van der Waals surface area contributed by atoms with E-state index in [9.17, 15) is 10.2 Å². The summed E-state index contributed by atoms with van der Waals surface area (Å²) in [7, 11) is 0. The van der Waals surface area contributed by atoms with Crippen LogP contribution in [0.4, 0.5) is 0 Å². The molecule has 2 unspecified atom stereocenters. The minimum Gasteiger partial charge on any atom is -0.507 e. The smallest absolute Gasteiger partial charge is 0.312 e. The second kappa shape index (κ2) is 32.6. The molecule has 6 rings (SSSR count). The molecule has 0 aliphatic heterocycles.